The van der Waals surface area contributed by atoms with Crippen LogP contribution in [0.15, 0.2) is 24.4 Å². The van der Waals surface area contributed by atoms with Crippen LogP contribution in [0.2, 0.25) is 0 Å². The van der Waals surface area contributed by atoms with E-state index in [1.165, 1.54) is 7.11 Å². The van der Waals surface area contributed by atoms with Gasteiger partial charge in [0.25, 0.3) is 5.91 Å². The first-order chi connectivity index (χ1) is 10.1. The summed E-state index contributed by atoms with van der Waals surface area (Å²) in [7, 11) is 3.27. The number of nitrogens with zero attached hydrogens (tertiary/aromatic N) is 3. The Morgan fingerprint density at radius 3 is 2.90 bits per heavy atom. The third kappa shape index (κ3) is 2.37. The van der Waals surface area contributed by atoms with Crippen molar-refractivity contribution in [1.29, 1.82) is 0 Å². The largest absolute Gasteiger partial charge is 0.469 e. The van der Waals surface area contributed by atoms with E-state index in [1.54, 1.807) is 11.0 Å². The highest BCUT2D eigenvalue weighted by molar-refractivity contribution is 5.95. The van der Waals surface area contributed by atoms with Gasteiger partial charge in [-0.1, -0.05) is 0 Å². The summed E-state index contributed by atoms with van der Waals surface area (Å²) in [6.07, 6.45) is 2.56. The molecule has 2 aromatic heterocycles. The third-order valence-electron chi connectivity index (χ3n) is 3.95. The van der Waals surface area contributed by atoms with Gasteiger partial charge in [0, 0.05) is 31.7 Å². The standard InChI is InChI=1S/C15H17N3O3/c1-17-7-5-10-3-4-12(16-13(10)17)14(19)18-8-6-11(9-18)15(20)21-2/h3-5,7,11H,6,8-9H2,1-2H3. The van der Waals surface area contributed by atoms with Crippen LogP contribution in [-0.4, -0.2) is 46.5 Å². The Labute approximate surface area is 122 Å². The van der Waals surface area contributed by atoms with E-state index in [-0.39, 0.29) is 17.8 Å². The van der Waals surface area contributed by atoms with Gasteiger partial charge in [0.05, 0.1) is 13.0 Å². The van der Waals surface area contributed by atoms with Crippen molar-refractivity contribution in [3.63, 3.8) is 0 Å². The van der Waals surface area contributed by atoms with Gasteiger partial charge in [0.15, 0.2) is 0 Å². The number of aromatic nitrogens is 2. The molecule has 0 spiro atoms. The number of aryl methyl sites for hydroxylation is 1. The van der Waals surface area contributed by atoms with E-state index in [0.717, 1.165) is 11.0 Å². The maximum atomic E-state index is 12.5. The molecule has 21 heavy (non-hydrogen) atoms. The number of likely N-dealkylation sites (tertiary alicyclic amines) is 1. The van der Waals surface area contributed by atoms with Gasteiger partial charge in [0.1, 0.15) is 11.3 Å². The van der Waals surface area contributed by atoms with E-state index in [1.807, 2.05) is 29.9 Å². The predicted octanol–water partition coefficient (Wildman–Crippen LogP) is 1.21. The van der Waals surface area contributed by atoms with Crippen molar-refractivity contribution >= 4 is 22.9 Å². The minimum atomic E-state index is -0.254. The highest BCUT2D eigenvalue weighted by atomic mass is 16.5. The highest BCUT2D eigenvalue weighted by Gasteiger charge is 2.32. The number of carbonyl (C=O) groups is 2. The van der Waals surface area contributed by atoms with Crippen molar-refractivity contribution in [3.8, 4) is 0 Å². The van der Waals surface area contributed by atoms with Crippen LogP contribution in [0.25, 0.3) is 11.0 Å². The van der Waals surface area contributed by atoms with E-state index in [4.69, 9.17) is 4.74 Å². The Morgan fingerprint density at radius 2 is 2.14 bits per heavy atom. The molecule has 0 aliphatic carbocycles. The zero-order chi connectivity index (χ0) is 15.0. The molecule has 1 aliphatic heterocycles. The van der Waals surface area contributed by atoms with Gasteiger partial charge < -0.3 is 14.2 Å². The molecule has 1 unspecified atom stereocenters. The van der Waals surface area contributed by atoms with Crippen LogP contribution in [0, 0.1) is 5.92 Å². The summed E-state index contributed by atoms with van der Waals surface area (Å²) in [5.41, 5.74) is 1.19. The number of methoxy groups -OCH3 is 1. The molecule has 0 saturated carbocycles. The lowest BCUT2D eigenvalue weighted by Gasteiger charge is -2.15. The third-order valence-corrected chi connectivity index (χ3v) is 3.95. The van der Waals surface area contributed by atoms with Gasteiger partial charge in [-0.15, -0.1) is 0 Å². The van der Waals surface area contributed by atoms with Crippen LogP contribution in [0.4, 0.5) is 0 Å². The van der Waals surface area contributed by atoms with Crippen LogP contribution in [0.5, 0.6) is 0 Å². The Kier molecular flexibility index (Phi) is 3.37. The fraction of sp³-hybridized carbons (Fsp3) is 0.400. The van der Waals surface area contributed by atoms with Crippen LogP contribution in [0.1, 0.15) is 16.9 Å². The normalized spacial score (nSPS) is 18.2. The molecule has 6 heteroatoms. The van der Waals surface area contributed by atoms with E-state index < -0.39 is 0 Å². The van der Waals surface area contributed by atoms with E-state index in [2.05, 4.69) is 4.98 Å². The SMILES string of the molecule is COC(=O)C1CCN(C(=O)c2ccc3ccn(C)c3n2)C1. The number of esters is 1. The van der Waals surface area contributed by atoms with Crippen molar-refractivity contribution in [2.75, 3.05) is 20.2 Å². The molecule has 110 valence electrons. The Balaban J connectivity index is 1.81. The second-order valence-electron chi connectivity index (χ2n) is 5.30. The molecule has 1 fully saturated rings. The van der Waals surface area contributed by atoms with Gasteiger partial charge in [-0.25, -0.2) is 4.98 Å². The van der Waals surface area contributed by atoms with Crippen molar-refractivity contribution < 1.29 is 14.3 Å². The number of rotatable bonds is 2. The molecule has 6 nitrogen and oxygen atoms in total. The first-order valence-electron chi connectivity index (χ1n) is 6.89. The van der Waals surface area contributed by atoms with Crippen molar-refractivity contribution in [2.24, 2.45) is 13.0 Å². The molecule has 3 heterocycles. The van der Waals surface area contributed by atoms with Crippen molar-refractivity contribution in [2.45, 2.75) is 6.42 Å². The fourth-order valence-corrected chi connectivity index (χ4v) is 2.72. The van der Waals surface area contributed by atoms with E-state index in [9.17, 15) is 9.59 Å². The van der Waals surface area contributed by atoms with Crippen LogP contribution < -0.4 is 0 Å². The molecule has 0 N–H and O–H groups in total. The number of hydrogen-bond donors (Lipinski definition) is 0. The lowest BCUT2D eigenvalue weighted by Crippen LogP contribution is -2.30. The predicted molar refractivity (Wildman–Crippen MR) is 76.7 cm³/mol. The molecule has 1 atom stereocenters. The number of fused-ring (bicyclic) bond motifs is 1. The molecule has 3 rings (SSSR count). The van der Waals surface area contributed by atoms with Crippen molar-refractivity contribution in [1.82, 2.24) is 14.5 Å². The topological polar surface area (TPSA) is 64.4 Å². The Hall–Kier alpha value is -2.37. The molecule has 1 aliphatic rings. The van der Waals surface area contributed by atoms with Gasteiger partial charge in [0.2, 0.25) is 0 Å². The quantitative estimate of drug-likeness (QED) is 0.779. The zero-order valence-corrected chi connectivity index (χ0v) is 12.1. The summed E-state index contributed by atoms with van der Waals surface area (Å²) in [6, 6.07) is 5.58. The molecular weight excluding hydrogens is 270 g/mol. The summed E-state index contributed by atoms with van der Waals surface area (Å²) in [6.45, 7) is 0.962. The minimum absolute atomic E-state index is 0.135. The van der Waals surface area contributed by atoms with Crippen LogP contribution in [-0.2, 0) is 16.6 Å². The number of pyridine rings is 1. The summed E-state index contributed by atoms with van der Waals surface area (Å²) in [5, 5.41) is 1.00. The van der Waals surface area contributed by atoms with Crippen molar-refractivity contribution in [3.05, 3.63) is 30.1 Å². The summed E-state index contributed by atoms with van der Waals surface area (Å²) in [5.74, 6) is -0.613. The van der Waals surface area contributed by atoms with E-state index in [0.29, 0.717) is 25.2 Å². The number of ether oxygens (including phenoxy) is 1. The average Bonchev–Trinajstić information content (AvgIpc) is 3.13. The molecule has 1 amide bonds. The molecule has 0 bridgehead atoms. The monoisotopic (exact) mass is 287 g/mol. The number of hydrogen-bond acceptors (Lipinski definition) is 4. The maximum absolute atomic E-state index is 12.5. The average molecular weight is 287 g/mol. The minimum Gasteiger partial charge on any atom is -0.469 e. The number of carbonyl (C=O) groups excluding carboxylic acids is 2. The fourth-order valence-electron chi connectivity index (χ4n) is 2.72. The van der Waals surface area contributed by atoms with Gasteiger partial charge in [-0.05, 0) is 24.6 Å². The van der Waals surface area contributed by atoms with Crippen LogP contribution >= 0.6 is 0 Å². The number of amides is 1. The molecule has 2 aromatic rings. The first-order valence-corrected chi connectivity index (χ1v) is 6.89. The second-order valence-corrected chi connectivity index (χ2v) is 5.30. The molecule has 0 radical (unpaired) electrons. The van der Waals surface area contributed by atoms with Crippen LogP contribution in [0.3, 0.4) is 0 Å². The van der Waals surface area contributed by atoms with Gasteiger partial charge in [-0.2, -0.15) is 0 Å². The summed E-state index contributed by atoms with van der Waals surface area (Å²) < 4.78 is 6.62. The smallest absolute Gasteiger partial charge is 0.310 e. The second kappa shape index (κ2) is 5.20. The maximum Gasteiger partial charge on any atom is 0.310 e. The summed E-state index contributed by atoms with van der Waals surface area (Å²) >= 11 is 0. The summed E-state index contributed by atoms with van der Waals surface area (Å²) in [4.78, 5) is 30.1. The Morgan fingerprint density at radius 1 is 1.33 bits per heavy atom. The van der Waals surface area contributed by atoms with E-state index >= 15 is 0 Å². The zero-order valence-electron chi connectivity index (χ0n) is 12.1. The molecular formula is C15H17N3O3. The van der Waals surface area contributed by atoms with Gasteiger partial charge >= 0.3 is 5.97 Å². The lowest BCUT2D eigenvalue weighted by atomic mass is 10.1. The Bertz CT molecular complexity index is 707. The van der Waals surface area contributed by atoms with Gasteiger partial charge in [-0.3, -0.25) is 9.59 Å². The highest BCUT2D eigenvalue weighted by Crippen LogP contribution is 2.20. The first kappa shape index (κ1) is 13.6. The molecule has 1 saturated heterocycles. The lowest BCUT2D eigenvalue weighted by molar-refractivity contribution is -0.144. The molecule has 0 aromatic carbocycles.